The van der Waals surface area contributed by atoms with E-state index in [0.717, 1.165) is 30.1 Å². The van der Waals surface area contributed by atoms with Crippen LogP contribution < -0.4 is 4.74 Å². The maximum Gasteiger partial charge on any atom is 0.119 e. The number of hydrogen-bond acceptors (Lipinski definition) is 1. The average Bonchev–Trinajstić information content (AvgIpc) is 3.07. The molecule has 1 aromatic rings. The standard InChI is InChI=1S/C18H26O/c1-3-13(2)15-6-8-18(9-7-15)19-12-17-11-14-4-5-16(17)10-14/h6-9,13-14,16-17H,3-5,10-12H2,1-2H3. The molecular weight excluding hydrogens is 232 g/mol. The average molecular weight is 258 g/mol. The molecule has 0 aromatic heterocycles. The summed E-state index contributed by atoms with van der Waals surface area (Å²) in [7, 11) is 0. The van der Waals surface area contributed by atoms with Crippen LogP contribution in [0.4, 0.5) is 0 Å². The Kier molecular flexibility index (Phi) is 3.81. The summed E-state index contributed by atoms with van der Waals surface area (Å²) in [5.74, 6) is 4.51. The molecule has 2 fully saturated rings. The first-order valence-electron chi connectivity index (χ1n) is 7.99. The van der Waals surface area contributed by atoms with Crippen LogP contribution in [0.3, 0.4) is 0 Å². The van der Waals surface area contributed by atoms with Crippen LogP contribution in [0, 0.1) is 17.8 Å². The predicted molar refractivity (Wildman–Crippen MR) is 79.6 cm³/mol. The molecule has 3 rings (SSSR count). The van der Waals surface area contributed by atoms with E-state index in [9.17, 15) is 0 Å². The lowest BCUT2D eigenvalue weighted by Gasteiger charge is -2.21. The van der Waals surface area contributed by atoms with Gasteiger partial charge in [0.2, 0.25) is 0 Å². The molecule has 0 amide bonds. The van der Waals surface area contributed by atoms with Crippen LogP contribution in [0.25, 0.3) is 0 Å². The maximum atomic E-state index is 6.01. The largest absolute Gasteiger partial charge is 0.493 e. The van der Waals surface area contributed by atoms with Crippen LogP contribution in [-0.2, 0) is 0 Å². The van der Waals surface area contributed by atoms with Crippen molar-refractivity contribution in [3.63, 3.8) is 0 Å². The van der Waals surface area contributed by atoms with E-state index in [1.54, 1.807) is 0 Å². The van der Waals surface area contributed by atoms with E-state index < -0.39 is 0 Å². The number of ether oxygens (including phenoxy) is 1. The van der Waals surface area contributed by atoms with Crippen LogP contribution in [-0.4, -0.2) is 6.61 Å². The molecule has 0 radical (unpaired) electrons. The number of rotatable bonds is 5. The summed E-state index contributed by atoms with van der Waals surface area (Å²) >= 11 is 0. The van der Waals surface area contributed by atoms with Crippen molar-refractivity contribution in [2.75, 3.05) is 6.61 Å². The lowest BCUT2D eigenvalue weighted by atomic mass is 9.89. The van der Waals surface area contributed by atoms with Gasteiger partial charge in [0.1, 0.15) is 5.75 Å². The molecular formula is C18H26O. The van der Waals surface area contributed by atoms with E-state index in [0.29, 0.717) is 5.92 Å². The van der Waals surface area contributed by atoms with Gasteiger partial charge in [-0.3, -0.25) is 0 Å². The first-order valence-corrected chi connectivity index (χ1v) is 7.99. The molecule has 1 aromatic carbocycles. The highest BCUT2D eigenvalue weighted by Gasteiger charge is 2.39. The molecule has 2 aliphatic carbocycles. The van der Waals surface area contributed by atoms with E-state index >= 15 is 0 Å². The van der Waals surface area contributed by atoms with E-state index in [1.807, 2.05) is 0 Å². The Balaban J connectivity index is 1.53. The summed E-state index contributed by atoms with van der Waals surface area (Å²) in [6.07, 6.45) is 7.01. The summed E-state index contributed by atoms with van der Waals surface area (Å²) in [6, 6.07) is 8.75. The van der Waals surface area contributed by atoms with E-state index in [4.69, 9.17) is 4.74 Å². The van der Waals surface area contributed by atoms with Gasteiger partial charge in [-0.1, -0.05) is 32.4 Å². The Morgan fingerprint density at radius 1 is 1.16 bits per heavy atom. The molecule has 4 unspecified atom stereocenters. The highest BCUT2D eigenvalue weighted by atomic mass is 16.5. The van der Waals surface area contributed by atoms with Crippen molar-refractivity contribution in [3.05, 3.63) is 29.8 Å². The second-order valence-electron chi connectivity index (χ2n) is 6.62. The molecule has 2 saturated carbocycles. The Morgan fingerprint density at radius 2 is 1.95 bits per heavy atom. The summed E-state index contributed by atoms with van der Waals surface area (Å²) in [5.41, 5.74) is 1.43. The smallest absolute Gasteiger partial charge is 0.119 e. The minimum absolute atomic E-state index is 0.652. The molecule has 0 aliphatic heterocycles. The fraction of sp³-hybridized carbons (Fsp3) is 0.667. The molecule has 1 heteroatoms. The summed E-state index contributed by atoms with van der Waals surface area (Å²) in [5, 5.41) is 0. The third kappa shape index (κ3) is 2.80. The van der Waals surface area contributed by atoms with E-state index in [-0.39, 0.29) is 0 Å². The quantitative estimate of drug-likeness (QED) is 0.721. The molecule has 0 heterocycles. The molecule has 0 saturated heterocycles. The molecule has 19 heavy (non-hydrogen) atoms. The van der Waals surface area contributed by atoms with Gasteiger partial charge in [0.25, 0.3) is 0 Å². The molecule has 104 valence electrons. The molecule has 4 atom stereocenters. The number of hydrogen-bond donors (Lipinski definition) is 0. The fourth-order valence-corrected chi connectivity index (χ4v) is 3.91. The Hall–Kier alpha value is -0.980. The van der Waals surface area contributed by atoms with Gasteiger partial charge in [-0.15, -0.1) is 0 Å². The Morgan fingerprint density at radius 3 is 2.53 bits per heavy atom. The van der Waals surface area contributed by atoms with E-state index in [2.05, 4.69) is 38.1 Å². The monoisotopic (exact) mass is 258 g/mol. The minimum atomic E-state index is 0.652. The molecule has 0 N–H and O–H groups in total. The summed E-state index contributed by atoms with van der Waals surface area (Å²) in [6.45, 7) is 5.46. The Labute approximate surface area is 117 Å². The first kappa shape index (κ1) is 13.0. The van der Waals surface area contributed by atoms with Gasteiger partial charge in [-0.2, -0.15) is 0 Å². The van der Waals surface area contributed by atoms with Crippen molar-refractivity contribution < 1.29 is 4.74 Å². The third-order valence-electron chi connectivity index (χ3n) is 5.41. The van der Waals surface area contributed by atoms with Crippen LogP contribution in [0.5, 0.6) is 5.75 Å². The predicted octanol–water partition coefficient (Wildman–Crippen LogP) is 5.02. The van der Waals surface area contributed by atoms with Gasteiger partial charge in [0.15, 0.2) is 0 Å². The zero-order valence-corrected chi connectivity index (χ0v) is 12.3. The van der Waals surface area contributed by atoms with Crippen molar-refractivity contribution in [1.29, 1.82) is 0 Å². The summed E-state index contributed by atoms with van der Waals surface area (Å²) < 4.78 is 6.01. The fourth-order valence-electron chi connectivity index (χ4n) is 3.91. The minimum Gasteiger partial charge on any atom is -0.493 e. The van der Waals surface area contributed by atoms with Crippen molar-refractivity contribution in [1.82, 2.24) is 0 Å². The lowest BCUT2D eigenvalue weighted by Crippen LogP contribution is -2.18. The van der Waals surface area contributed by atoms with Gasteiger partial charge >= 0.3 is 0 Å². The Bertz CT molecular complexity index is 408. The van der Waals surface area contributed by atoms with Crippen molar-refractivity contribution in [2.45, 2.75) is 51.9 Å². The van der Waals surface area contributed by atoms with Gasteiger partial charge in [-0.05, 0) is 67.1 Å². The van der Waals surface area contributed by atoms with E-state index in [1.165, 1.54) is 37.7 Å². The number of fused-ring (bicyclic) bond motifs is 2. The zero-order chi connectivity index (χ0) is 13.2. The first-order chi connectivity index (χ1) is 9.26. The van der Waals surface area contributed by atoms with Crippen LogP contribution in [0.1, 0.15) is 57.4 Å². The normalized spacial score (nSPS) is 30.5. The third-order valence-corrected chi connectivity index (χ3v) is 5.41. The highest BCUT2D eigenvalue weighted by Crippen LogP contribution is 2.48. The molecule has 2 aliphatic rings. The van der Waals surface area contributed by atoms with Crippen LogP contribution in [0.15, 0.2) is 24.3 Å². The zero-order valence-electron chi connectivity index (χ0n) is 12.3. The van der Waals surface area contributed by atoms with Crippen LogP contribution in [0.2, 0.25) is 0 Å². The summed E-state index contributed by atoms with van der Waals surface area (Å²) in [4.78, 5) is 0. The SMILES string of the molecule is CCC(C)c1ccc(OCC2CC3CCC2C3)cc1. The van der Waals surface area contributed by atoms with Gasteiger partial charge < -0.3 is 4.74 Å². The van der Waals surface area contributed by atoms with Gasteiger partial charge in [0, 0.05) is 0 Å². The second-order valence-corrected chi connectivity index (χ2v) is 6.62. The molecule has 2 bridgehead atoms. The van der Waals surface area contributed by atoms with Gasteiger partial charge in [0.05, 0.1) is 6.61 Å². The second kappa shape index (κ2) is 5.56. The maximum absolute atomic E-state index is 6.01. The van der Waals surface area contributed by atoms with Gasteiger partial charge in [-0.25, -0.2) is 0 Å². The topological polar surface area (TPSA) is 9.23 Å². The van der Waals surface area contributed by atoms with Crippen molar-refractivity contribution in [3.8, 4) is 5.75 Å². The van der Waals surface area contributed by atoms with Crippen LogP contribution >= 0.6 is 0 Å². The lowest BCUT2D eigenvalue weighted by molar-refractivity contribution is 0.195. The number of benzene rings is 1. The molecule has 1 nitrogen and oxygen atoms in total. The molecule has 0 spiro atoms. The van der Waals surface area contributed by atoms with Crippen molar-refractivity contribution >= 4 is 0 Å². The highest BCUT2D eigenvalue weighted by molar-refractivity contribution is 5.29. The van der Waals surface area contributed by atoms with Crippen molar-refractivity contribution in [2.24, 2.45) is 17.8 Å².